The van der Waals surface area contributed by atoms with Gasteiger partial charge in [-0.15, -0.1) is 10.2 Å². The summed E-state index contributed by atoms with van der Waals surface area (Å²) in [5, 5.41) is 25.8. The molecule has 0 aliphatic rings. The second kappa shape index (κ2) is 34.1. The Labute approximate surface area is 422 Å². The summed E-state index contributed by atoms with van der Waals surface area (Å²) >= 11 is 0. The van der Waals surface area contributed by atoms with Gasteiger partial charge in [0.05, 0.1) is 41.5 Å². The monoisotopic (exact) mass is 969 g/mol. The molecule has 0 amide bonds. The highest BCUT2D eigenvalue weighted by Crippen LogP contribution is 2.16. The first-order chi connectivity index (χ1) is 33.9. The fourth-order valence-electron chi connectivity index (χ4n) is 5.46. The summed E-state index contributed by atoms with van der Waals surface area (Å²) in [6, 6.07) is 17.6. The van der Waals surface area contributed by atoms with Crippen LogP contribution in [0.3, 0.4) is 0 Å². The second-order valence-electron chi connectivity index (χ2n) is 18.4. The van der Waals surface area contributed by atoms with Gasteiger partial charge in [0, 0.05) is 85.7 Å². The van der Waals surface area contributed by atoms with E-state index in [0.29, 0.717) is 53.6 Å². The number of rotatable bonds is 8. The Morgan fingerprint density at radius 3 is 1.54 bits per heavy atom. The Bertz CT molecular complexity index is 2280. The lowest BCUT2D eigenvalue weighted by atomic mass is 10.1. The summed E-state index contributed by atoms with van der Waals surface area (Å²) in [6.45, 7) is 33.7. The van der Waals surface area contributed by atoms with Crippen molar-refractivity contribution in [2.24, 2.45) is 0 Å². The molecule has 17 heteroatoms. The topological polar surface area (TPSA) is 198 Å². The summed E-state index contributed by atoms with van der Waals surface area (Å²) in [5.41, 5.74) is 7.09. The van der Waals surface area contributed by atoms with E-state index < -0.39 is 0 Å². The van der Waals surface area contributed by atoms with Gasteiger partial charge in [-0.25, -0.2) is 15.0 Å². The molecule has 382 valence electrons. The first-order valence-corrected chi connectivity index (χ1v) is 24.3. The van der Waals surface area contributed by atoms with E-state index in [1.54, 1.807) is 54.5 Å². The summed E-state index contributed by atoms with van der Waals surface area (Å²) in [4.78, 5) is 25.7. The molecule has 17 nitrogen and oxygen atoms in total. The third kappa shape index (κ3) is 24.7. The zero-order valence-electron chi connectivity index (χ0n) is 45.0. The molecule has 9 rings (SSSR count). The minimum absolute atomic E-state index is 0.345. The SMILES string of the molecule is CC(C)c1ccn[nH]1.CC(C)c1ccncc1.CC(C)c1cnccn1.CC(C)c1cncnc1.CC(C)c1nnco1.CC(C)n1cccn1.CC(C)n1cnc2ccccc21.CC(C)n1nccn1. The fraction of sp³-hybridized carbons (Fsp3) is 0.444. The molecule has 0 aliphatic heterocycles. The average Bonchev–Trinajstić information content (AvgIpc) is 4.24. The van der Waals surface area contributed by atoms with Gasteiger partial charge in [0.15, 0.2) is 0 Å². The summed E-state index contributed by atoms with van der Waals surface area (Å²) < 4.78 is 8.97. The van der Waals surface area contributed by atoms with Crippen molar-refractivity contribution in [1.82, 2.24) is 79.6 Å². The highest BCUT2D eigenvalue weighted by Gasteiger charge is 2.04. The van der Waals surface area contributed by atoms with Crippen LogP contribution in [0.25, 0.3) is 11.0 Å². The molecule has 0 saturated carbocycles. The van der Waals surface area contributed by atoms with Crippen molar-refractivity contribution in [3.8, 4) is 0 Å². The number of aromatic amines is 1. The molecule has 0 aliphatic carbocycles. The van der Waals surface area contributed by atoms with E-state index in [9.17, 15) is 0 Å². The van der Waals surface area contributed by atoms with Gasteiger partial charge in [0.2, 0.25) is 12.3 Å². The van der Waals surface area contributed by atoms with Gasteiger partial charge < -0.3 is 8.98 Å². The maximum absolute atomic E-state index is 4.87. The van der Waals surface area contributed by atoms with Crippen LogP contribution in [0.2, 0.25) is 0 Å². The molecule has 0 radical (unpaired) electrons. The predicted octanol–water partition coefficient (Wildman–Crippen LogP) is 13.1. The molecule has 0 unspecified atom stereocenters. The van der Waals surface area contributed by atoms with Gasteiger partial charge >= 0.3 is 0 Å². The summed E-state index contributed by atoms with van der Waals surface area (Å²) in [6.07, 6.45) is 26.2. The van der Waals surface area contributed by atoms with Crippen LogP contribution in [0, 0.1) is 0 Å². The highest BCUT2D eigenvalue weighted by atomic mass is 16.4. The Balaban J connectivity index is 0.000000279. The molecular weight excluding hydrogens is 889 g/mol. The predicted molar refractivity (Wildman–Crippen MR) is 285 cm³/mol. The van der Waals surface area contributed by atoms with Crippen molar-refractivity contribution in [2.45, 2.75) is 158 Å². The van der Waals surface area contributed by atoms with Crippen molar-refractivity contribution in [2.75, 3.05) is 0 Å². The molecule has 1 N–H and O–H groups in total. The van der Waals surface area contributed by atoms with E-state index in [2.05, 4.69) is 159 Å². The second-order valence-corrected chi connectivity index (χ2v) is 18.4. The van der Waals surface area contributed by atoms with Crippen LogP contribution in [-0.4, -0.2) is 79.6 Å². The zero-order valence-corrected chi connectivity index (χ0v) is 45.0. The van der Waals surface area contributed by atoms with E-state index in [4.69, 9.17) is 4.42 Å². The molecule has 1 aromatic carbocycles. The molecule has 8 aromatic heterocycles. The molecule has 0 fully saturated rings. The number of H-pyrrole nitrogens is 1. The average molecular weight is 969 g/mol. The number of nitrogens with one attached hydrogen (secondary N) is 1. The van der Waals surface area contributed by atoms with Gasteiger partial charge in [0.25, 0.3) is 0 Å². The summed E-state index contributed by atoms with van der Waals surface area (Å²) in [5.74, 6) is 3.25. The highest BCUT2D eigenvalue weighted by molar-refractivity contribution is 5.75. The fourth-order valence-corrected chi connectivity index (χ4v) is 5.46. The Hall–Kier alpha value is -7.30. The van der Waals surface area contributed by atoms with Crippen LogP contribution in [0.4, 0.5) is 0 Å². The van der Waals surface area contributed by atoms with Gasteiger partial charge in [-0.1, -0.05) is 81.4 Å². The van der Waals surface area contributed by atoms with Crippen molar-refractivity contribution in [3.63, 3.8) is 0 Å². The van der Waals surface area contributed by atoms with Crippen molar-refractivity contribution >= 4 is 11.0 Å². The summed E-state index contributed by atoms with van der Waals surface area (Å²) in [7, 11) is 0. The van der Waals surface area contributed by atoms with Crippen molar-refractivity contribution < 1.29 is 4.42 Å². The van der Waals surface area contributed by atoms with E-state index in [-0.39, 0.29) is 0 Å². The number of hydrogen-bond donors (Lipinski definition) is 1. The quantitative estimate of drug-likeness (QED) is 0.151. The molecule has 9 aromatic rings. The molecule has 0 bridgehead atoms. The van der Waals surface area contributed by atoms with Gasteiger partial charge in [-0.2, -0.15) is 25.2 Å². The smallest absolute Gasteiger partial charge is 0.218 e. The zero-order chi connectivity index (χ0) is 52.6. The molecule has 8 heterocycles. The third-order valence-electron chi connectivity index (χ3n) is 9.80. The van der Waals surface area contributed by atoms with Crippen LogP contribution in [0.15, 0.2) is 146 Å². The number of aromatic nitrogens is 16. The molecular formula is C54H80N16O. The van der Waals surface area contributed by atoms with Crippen LogP contribution < -0.4 is 0 Å². The number of pyridine rings is 1. The van der Waals surface area contributed by atoms with Crippen LogP contribution in [-0.2, 0) is 0 Å². The maximum Gasteiger partial charge on any atom is 0.218 e. The number of hydrogen-bond acceptors (Lipinski definition) is 13. The van der Waals surface area contributed by atoms with Crippen LogP contribution in [0.1, 0.15) is 187 Å². The Kier molecular flexibility index (Phi) is 28.7. The van der Waals surface area contributed by atoms with E-state index in [0.717, 1.165) is 11.2 Å². The minimum atomic E-state index is 0.345. The van der Waals surface area contributed by atoms with Gasteiger partial charge in [-0.05, 0) is 113 Å². The number of nitrogens with zero attached hydrogens (tertiary/aromatic N) is 15. The molecule has 71 heavy (non-hydrogen) atoms. The van der Waals surface area contributed by atoms with Gasteiger partial charge in [-0.3, -0.25) is 24.7 Å². The lowest BCUT2D eigenvalue weighted by Gasteiger charge is -2.06. The Morgan fingerprint density at radius 1 is 0.507 bits per heavy atom. The first-order valence-electron chi connectivity index (χ1n) is 24.3. The first kappa shape index (κ1) is 59.8. The minimum Gasteiger partial charge on any atom is -0.428 e. The standard InChI is InChI=1S/C10H12N2.C8H11N.2C7H10N2.2C6H10N2.C5H9N3.C5H8N2O/c1-8(2)12-7-11-9-5-3-4-6-10(9)12;1-7(2)8-3-5-9-6-4-8;1-6(2)7-3-8-5-9-4-7;1-6(2)7-5-8-3-4-9-7;1-6(2)8-5-3-4-7-8;1-5(2)6-3-4-7-8-6;1-5(2)8-6-3-4-7-8;1-4(2)5-7-6-3-8-5/h3-8H,1-2H3;3-7H,1-2H3;2*3-6H,1-2H3;3-6H,1-2H3;3-5H,1-2H3,(H,7,8);3-5H,1-2H3;3-4H,1-2H3. The lowest BCUT2D eigenvalue weighted by Crippen LogP contribution is -2.03. The van der Waals surface area contributed by atoms with Gasteiger partial charge in [0.1, 0.15) is 6.33 Å². The number of para-hydroxylation sites is 2. The van der Waals surface area contributed by atoms with Crippen LogP contribution >= 0.6 is 0 Å². The maximum atomic E-state index is 4.87. The normalized spacial score (nSPS) is 10.4. The van der Waals surface area contributed by atoms with E-state index >= 15 is 0 Å². The number of fused-ring (bicyclic) bond motifs is 1. The number of imidazole rings is 1. The van der Waals surface area contributed by atoms with Crippen molar-refractivity contribution in [1.29, 1.82) is 0 Å². The molecule has 0 saturated heterocycles. The lowest BCUT2D eigenvalue weighted by molar-refractivity contribution is 0.466. The Morgan fingerprint density at radius 2 is 1.17 bits per heavy atom. The third-order valence-corrected chi connectivity index (χ3v) is 9.80. The van der Waals surface area contributed by atoms with E-state index in [1.165, 1.54) is 28.7 Å². The molecule has 0 spiro atoms. The van der Waals surface area contributed by atoms with Crippen molar-refractivity contribution in [3.05, 3.63) is 170 Å². The largest absolute Gasteiger partial charge is 0.428 e. The number of benzene rings is 1. The molecule has 0 atom stereocenters. The van der Waals surface area contributed by atoms with E-state index in [1.807, 2.05) is 112 Å². The van der Waals surface area contributed by atoms with Crippen LogP contribution in [0.5, 0.6) is 0 Å².